The summed E-state index contributed by atoms with van der Waals surface area (Å²) in [5.74, 6) is -0.657. The maximum absolute atomic E-state index is 10.0. The molecule has 2 aromatic carbocycles. The maximum Gasteiger partial charge on any atom is 0.250 e. The molecule has 1 aliphatic rings. The van der Waals surface area contributed by atoms with Crippen molar-refractivity contribution in [3.8, 4) is 6.07 Å². The lowest BCUT2D eigenvalue weighted by molar-refractivity contribution is -0.123. The Morgan fingerprint density at radius 3 is 1.79 bits per heavy atom. The Kier molecular flexibility index (Phi) is 10.5. The van der Waals surface area contributed by atoms with Crippen molar-refractivity contribution >= 4 is 24.0 Å². The summed E-state index contributed by atoms with van der Waals surface area (Å²) in [6, 6.07) is 22.1. The standard InChI is InChI=1S/C12H11N.C8H8.C4H3NO2/c1-11(10-13)6-5-9-12-7-3-2-4-8-12;1-2-8-6-4-3-5-7-8;6-3-1-2-4(7)5-3/h2-9H,1H3;2-7H,1H2;1-2H,(H,5,6,7). The first kappa shape index (κ1) is 22.1. The summed E-state index contributed by atoms with van der Waals surface area (Å²) in [6.07, 6.45) is 9.88. The molecule has 2 amide bonds. The zero-order valence-electron chi connectivity index (χ0n) is 15.7. The fraction of sp³-hybridized carbons (Fsp3) is 0.0417. The van der Waals surface area contributed by atoms with Gasteiger partial charge in [-0.3, -0.25) is 14.9 Å². The molecule has 0 saturated heterocycles. The normalized spacial score (nSPS) is 12.2. The van der Waals surface area contributed by atoms with Crippen LogP contribution in [0.5, 0.6) is 0 Å². The quantitative estimate of drug-likeness (QED) is 0.484. The van der Waals surface area contributed by atoms with E-state index in [0.717, 1.165) is 5.56 Å². The van der Waals surface area contributed by atoms with E-state index >= 15 is 0 Å². The van der Waals surface area contributed by atoms with Gasteiger partial charge in [-0.2, -0.15) is 5.26 Å². The van der Waals surface area contributed by atoms with Gasteiger partial charge in [0.05, 0.1) is 6.07 Å². The summed E-state index contributed by atoms with van der Waals surface area (Å²) in [4.78, 5) is 20.1. The highest BCUT2D eigenvalue weighted by atomic mass is 16.2. The molecule has 0 radical (unpaired) electrons. The molecule has 1 heterocycles. The van der Waals surface area contributed by atoms with Crippen LogP contribution in [0, 0.1) is 11.3 Å². The first-order chi connectivity index (χ1) is 13.5. The van der Waals surface area contributed by atoms with E-state index in [2.05, 4.69) is 12.6 Å². The van der Waals surface area contributed by atoms with Crippen LogP contribution in [0.1, 0.15) is 18.1 Å². The van der Waals surface area contributed by atoms with Gasteiger partial charge in [-0.15, -0.1) is 0 Å². The van der Waals surface area contributed by atoms with E-state index in [-0.39, 0.29) is 11.8 Å². The minimum absolute atomic E-state index is 0.329. The van der Waals surface area contributed by atoms with E-state index < -0.39 is 0 Å². The molecule has 0 bridgehead atoms. The number of nitriles is 1. The average molecular weight is 370 g/mol. The van der Waals surface area contributed by atoms with Crippen molar-refractivity contribution in [3.63, 3.8) is 0 Å². The SMILES string of the molecule is C=Cc1ccccc1.CC(C#N)=CC=Cc1ccccc1.O=C1C=CC(=O)N1. The number of benzene rings is 2. The Balaban J connectivity index is 0.000000224. The number of carbonyl (C=O) groups excluding carboxylic acids is 2. The van der Waals surface area contributed by atoms with Crippen molar-refractivity contribution in [1.29, 1.82) is 5.26 Å². The highest BCUT2D eigenvalue weighted by Gasteiger charge is 2.06. The first-order valence-electron chi connectivity index (χ1n) is 8.55. The molecule has 4 heteroatoms. The van der Waals surface area contributed by atoms with Crippen LogP contribution in [0.3, 0.4) is 0 Å². The molecule has 28 heavy (non-hydrogen) atoms. The maximum atomic E-state index is 10.0. The number of nitrogens with zero attached hydrogens (tertiary/aromatic N) is 1. The van der Waals surface area contributed by atoms with Crippen LogP contribution in [0.4, 0.5) is 0 Å². The highest BCUT2D eigenvalue weighted by Crippen LogP contribution is 2.01. The number of imide groups is 1. The Hall–Kier alpha value is -3.97. The van der Waals surface area contributed by atoms with Gasteiger partial charge in [-0.05, 0) is 24.1 Å². The van der Waals surface area contributed by atoms with E-state index in [1.165, 1.54) is 17.7 Å². The van der Waals surface area contributed by atoms with Crippen LogP contribution in [0.2, 0.25) is 0 Å². The zero-order chi connectivity index (χ0) is 20.6. The van der Waals surface area contributed by atoms with E-state index in [1.807, 2.05) is 84.2 Å². The zero-order valence-corrected chi connectivity index (χ0v) is 15.7. The number of hydrogen-bond acceptors (Lipinski definition) is 3. The molecule has 0 unspecified atom stereocenters. The molecule has 0 saturated carbocycles. The van der Waals surface area contributed by atoms with Crippen molar-refractivity contribution in [2.75, 3.05) is 0 Å². The van der Waals surface area contributed by atoms with Gasteiger partial charge in [0.25, 0.3) is 11.8 Å². The molecule has 3 rings (SSSR count). The summed E-state index contributed by atoms with van der Waals surface area (Å²) in [7, 11) is 0. The smallest absolute Gasteiger partial charge is 0.250 e. The monoisotopic (exact) mass is 370 g/mol. The second-order valence-electron chi connectivity index (χ2n) is 5.53. The summed E-state index contributed by atoms with van der Waals surface area (Å²) >= 11 is 0. The Morgan fingerprint density at radius 2 is 1.43 bits per heavy atom. The number of rotatable bonds is 3. The van der Waals surface area contributed by atoms with Gasteiger partial charge in [0.15, 0.2) is 0 Å². The third kappa shape index (κ3) is 10.1. The minimum Gasteiger partial charge on any atom is -0.289 e. The number of nitrogens with one attached hydrogen (secondary N) is 1. The number of allylic oxidation sites excluding steroid dienone is 3. The van der Waals surface area contributed by atoms with E-state index in [1.54, 1.807) is 13.0 Å². The highest BCUT2D eigenvalue weighted by molar-refractivity contribution is 6.12. The molecule has 0 aliphatic carbocycles. The molecule has 2 aromatic rings. The van der Waals surface area contributed by atoms with Crippen molar-refractivity contribution < 1.29 is 9.59 Å². The van der Waals surface area contributed by atoms with E-state index in [4.69, 9.17) is 5.26 Å². The van der Waals surface area contributed by atoms with Crippen molar-refractivity contribution in [2.45, 2.75) is 6.92 Å². The van der Waals surface area contributed by atoms with Crippen LogP contribution >= 0.6 is 0 Å². The Morgan fingerprint density at radius 1 is 0.929 bits per heavy atom. The lowest BCUT2D eigenvalue weighted by atomic mass is 10.2. The van der Waals surface area contributed by atoms with Crippen molar-refractivity contribution in [2.24, 2.45) is 0 Å². The van der Waals surface area contributed by atoms with Crippen LogP contribution < -0.4 is 5.32 Å². The Bertz CT molecular complexity index is 887. The second kappa shape index (κ2) is 13.3. The molecule has 140 valence electrons. The number of carbonyl (C=O) groups is 2. The van der Waals surface area contributed by atoms with Gasteiger partial charge < -0.3 is 0 Å². The average Bonchev–Trinajstić information content (AvgIpc) is 3.12. The molecule has 0 aromatic heterocycles. The molecule has 1 aliphatic heterocycles. The fourth-order valence-corrected chi connectivity index (χ4v) is 1.85. The van der Waals surface area contributed by atoms with E-state index in [0.29, 0.717) is 5.57 Å². The molecular weight excluding hydrogens is 348 g/mol. The topological polar surface area (TPSA) is 70.0 Å². The number of hydrogen-bond donors (Lipinski definition) is 1. The first-order valence-corrected chi connectivity index (χ1v) is 8.55. The van der Waals surface area contributed by atoms with Crippen LogP contribution in [0.25, 0.3) is 12.2 Å². The predicted molar refractivity (Wildman–Crippen MR) is 114 cm³/mol. The van der Waals surface area contributed by atoms with Gasteiger partial charge in [0.1, 0.15) is 0 Å². The third-order valence-electron chi connectivity index (χ3n) is 3.28. The summed E-state index contributed by atoms with van der Waals surface area (Å²) < 4.78 is 0. The van der Waals surface area contributed by atoms with Gasteiger partial charge >= 0.3 is 0 Å². The summed E-state index contributed by atoms with van der Waals surface area (Å²) in [5.41, 5.74) is 3.03. The largest absolute Gasteiger partial charge is 0.289 e. The molecule has 0 atom stereocenters. The summed E-state index contributed by atoms with van der Waals surface area (Å²) in [6.45, 7) is 5.42. The fourth-order valence-electron chi connectivity index (χ4n) is 1.85. The second-order valence-corrected chi connectivity index (χ2v) is 5.53. The predicted octanol–water partition coefficient (Wildman–Crippen LogP) is 4.70. The van der Waals surface area contributed by atoms with Crippen molar-refractivity contribution in [1.82, 2.24) is 5.32 Å². The molecular formula is C24H22N2O2. The van der Waals surface area contributed by atoms with E-state index in [9.17, 15) is 9.59 Å². The number of amides is 2. The van der Waals surface area contributed by atoms with Gasteiger partial charge in [0, 0.05) is 17.7 Å². The summed E-state index contributed by atoms with van der Waals surface area (Å²) in [5, 5.41) is 10.5. The van der Waals surface area contributed by atoms with Gasteiger partial charge in [0.2, 0.25) is 0 Å². The van der Waals surface area contributed by atoms with Crippen LogP contribution in [-0.4, -0.2) is 11.8 Å². The molecule has 0 fully saturated rings. The molecule has 0 spiro atoms. The minimum atomic E-state index is -0.329. The Labute approximate surface area is 165 Å². The van der Waals surface area contributed by atoms with Crippen molar-refractivity contribution in [3.05, 3.63) is 108 Å². The van der Waals surface area contributed by atoms with Gasteiger partial charge in [-0.1, -0.05) is 85.5 Å². The van der Waals surface area contributed by atoms with Crippen LogP contribution in [-0.2, 0) is 9.59 Å². The lowest BCUT2D eigenvalue weighted by Crippen LogP contribution is -2.19. The third-order valence-corrected chi connectivity index (χ3v) is 3.28. The molecule has 1 N–H and O–H groups in total. The van der Waals surface area contributed by atoms with Crippen LogP contribution in [0.15, 0.2) is 97.1 Å². The lowest BCUT2D eigenvalue weighted by Gasteiger charge is -1.88. The van der Waals surface area contributed by atoms with Gasteiger partial charge in [-0.25, -0.2) is 0 Å². The molecule has 4 nitrogen and oxygen atoms in total.